The molecule has 0 radical (unpaired) electrons. The Hall–Kier alpha value is -5.42. The van der Waals surface area contributed by atoms with Crippen LogP contribution >= 0.6 is 0 Å². The standard InChI is InChI=1S/C40H38F3N5O3/c1-46(31-16-17-31)37(27-14-20-34(21-15-27)51-25-26-8-4-3-5-9-26)28-10-6-12-30(22-28)44-38(49)35-24-36(40(41,42)43)45-48(35)33-13-7-11-29(23-33)39(50)47(2)32-18-19-32/h3-15,20-24,31-32,37H,16-19,25H2,1-2H3,(H,44,49). The Kier molecular flexibility index (Phi) is 9.39. The summed E-state index contributed by atoms with van der Waals surface area (Å²) in [5, 5.41) is 6.57. The molecule has 7 rings (SSSR count). The molecule has 2 amide bonds. The second kappa shape index (κ2) is 14.1. The lowest BCUT2D eigenvalue weighted by Crippen LogP contribution is -2.28. The van der Waals surface area contributed by atoms with Gasteiger partial charge in [-0.3, -0.25) is 14.5 Å². The first-order valence-corrected chi connectivity index (χ1v) is 17.0. The minimum absolute atomic E-state index is 0.145. The van der Waals surface area contributed by atoms with E-state index < -0.39 is 17.8 Å². The first-order chi connectivity index (χ1) is 24.5. The molecule has 1 heterocycles. The molecule has 262 valence electrons. The fourth-order valence-corrected chi connectivity index (χ4v) is 6.30. The summed E-state index contributed by atoms with van der Waals surface area (Å²) in [5.74, 6) is -0.268. The summed E-state index contributed by atoms with van der Waals surface area (Å²) < 4.78 is 48.7. The van der Waals surface area contributed by atoms with E-state index in [2.05, 4.69) is 22.4 Å². The van der Waals surface area contributed by atoms with Crippen molar-refractivity contribution in [2.24, 2.45) is 0 Å². The van der Waals surface area contributed by atoms with E-state index in [0.717, 1.165) is 58.9 Å². The molecule has 2 aliphatic carbocycles. The fourth-order valence-electron chi connectivity index (χ4n) is 6.30. The topological polar surface area (TPSA) is 79.7 Å². The van der Waals surface area contributed by atoms with E-state index in [1.54, 1.807) is 30.1 Å². The maximum absolute atomic E-state index is 13.9. The number of rotatable bonds is 12. The summed E-state index contributed by atoms with van der Waals surface area (Å²) in [6, 6.07) is 32.6. The fraction of sp³-hybridized carbons (Fsp3) is 0.275. The Morgan fingerprint density at radius 3 is 2.24 bits per heavy atom. The lowest BCUT2D eigenvalue weighted by molar-refractivity contribution is -0.141. The number of hydrogen-bond donors (Lipinski definition) is 1. The van der Waals surface area contributed by atoms with Crippen molar-refractivity contribution in [3.63, 3.8) is 0 Å². The van der Waals surface area contributed by atoms with Gasteiger partial charge in [0, 0.05) is 36.4 Å². The van der Waals surface area contributed by atoms with E-state index in [4.69, 9.17) is 4.74 Å². The van der Waals surface area contributed by atoms with Gasteiger partial charge in [0.05, 0.1) is 11.7 Å². The van der Waals surface area contributed by atoms with Gasteiger partial charge in [0.25, 0.3) is 11.8 Å². The average Bonchev–Trinajstić information content (AvgIpc) is 4.08. The number of anilines is 1. The Morgan fingerprint density at radius 1 is 0.843 bits per heavy atom. The van der Waals surface area contributed by atoms with Crippen LogP contribution in [0.2, 0.25) is 0 Å². The van der Waals surface area contributed by atoms with E-state index in [1.807, 2.05) is 72.8 Å². The molecule has 2 saturated carbocycles. The van der Waals surface area contributed by atoms with Gasteiger partial charge in [-0.15, -0.1) is 0 Å². The molecule has 1 atom stereocenters. The molecule has 1 aromatic heterocycles. The molecule has 11 heteroatoms. The van der Waals surface area contributed by atoms with Crippen molar-refractivity contribution in [3.8, 4) is 11.4 Å². The van der Waals surface area contributed by atoms with Crippen LogP contribution in [-0.4, -0.2) is 57.6 Å². The summed E-state index contributed by atoms with van der Waals surface area (Å²) in [4.78, 5) is 30.7. The largest absolute Gasteiger partial charge is 0.489 e. The molecule has 1 unspecified atom stereocenters. The number of carbonyl (C=O) groups is 2. The molecular formula is C40H38F3N5O3. The van der Waals surface area contributed by atoms with Gasteiger partial charge in [-0.25, -0.2) is 4.68 Å². The third kappa shape index (κ3) is 7.83. The van der Waals surface area contributed by atoms with Gasteiger partial charge in [0.15, 0.2) is 5.69 Å². The SMILES string of the molecule is CN(C(=O)c1cccc(-n2nc(C(F)(F)F)cc2C(=O)Nc2cccc(C(c3ccc(OCc4ccccc4)cc3)N(C)C3CC3)c2)c1)C1CC1. The van der Waals surface area contributed by atoms with Crippen LogP contribution in [0.15, 0.2) is 109 Å². The molecule has 2 aliphatic rings. The smallest absolute Gasteiger partial charge is 0.435 e. The van der Waals surface area contributed by atoms with Gasteiger partial charge < -0.3 is 15.0 Å². The number of nitrogens with zero attached hydrogens (tertiary/aromatic N) is 4. The molecule has 0 bridgehead atoms. The van der Waals surface area contributed by atoms with E-state index in [9.17, 15) is 22.8 Å². The number of nitrogens with one attached hydrogen (secondary N) is 1. The quantitative estimate of drug-likeness (QED) is 0.143. The highest BCUT2D eigenvalue weighted by Crippen LogP contribution is 2.38. The monoisotopic (exact) mass is 693 g/mol. The van der Waals surface area contributed by atoms with Crippen molar-refractivity contribution in [2.75, 3.05) is 19.4 Å². The van der Waals surface area contributed by atoms with Crippen LogP contribution in [0.3, 0.4) is 0 Å². The Morgan fingerprint density at radius 2 is 1.55 bits per heavy atom. The average molecular weight is 694 g/mol. The number of amides is 2. The highest BCUT2D eigenvalue weighted by Gasteiger charge is 2.37. The van der Waals surface area contributed by atoms with Crippen LogP contribution in [0.4, 0.5) is 18.9 Å². The third-order valence-electron chi connectivity index (χ3n) is 9.42. The highest BCUT2D eigenvalue weighted by molar-refractivity contribution is 6.03. The van der Waals surface area contributed by atoms with Gasteiger partial charge in [-0.1, -0.05) is 60.7 Å². The number of carbonyl (C=O) groups excluding carboxylic acids is 2. The summed E-state index contributed by atoms with van der Waals surface area (Å²) in [5.41, 5.74) is 2.38. The predicted octanol–water partition coefficient (Wildman–Crippen LogP) is 8.14. The molecule has 51 heavy (non-hydrogen) atoms. The number of benzene rings is 4. The van der Waals surface area contributed by atoms with E-state index in [1.165, 1.54) is 12.1 Å². The van der Waals surface area contributed by atoms with Crippen LogP contribution in [0.5, 0.6) is 5.75 Å². The predicted molar refractivity (Wildman–Crippen MR) is 188 cm³/mol. The summed E-state index contributed by atoms with van der Waals surface area (Å²) >= 11 is 0. The first-order valence-electron chi connectivity index (χ1n) is 17.0. The Bertz CT molecular complexity index is 2020. The van der Waals surface area contributed by atoms with E-state index >= 15 is 0 Å². The van der Waals surface area contributed by atoms with Crippen molar-refractivity contribution in [1.82, 2.24) is 19.6 Å². The Balaban J connectivity index is 1.14. The van der Waals surface area contributed by atoms with Crippen LogP contribution in [0.25, 0.3) is 5.69 Å². The van der Waals surface area contributed by atoms with Gasteiger partial charge in [0.2, 0.25) is 0 Å². The van der Waals surface area contributed by atoms with Crippen molar-refractivity contribution in [3.05, 3.63) is 143 Å². The van der Waals surface area contributed by atoms with Crippen LogP contribution in [-0.2, 0) is 12.8 Å². The Labute approximate surface area is 294 Å². The number of hydrogen-bond acceptors (Lipinski definition) is 5. The summed E-state index contributed by atoms with van der Waals surface area (Å²) in [7, 11) is 3.78. The zero-order valence-electron chi connectivity index (χ0n) is 28.3. The maximum Gasteiger partial charge on any atom is 0.435 e. The molecule has 4 aromatic carbocycles. The molecule has 8 nitrogen and oxygen atoms in total. The van der Waals surface area contributed by atoms with E-state index in [-0.39, 0.29) is 29.4 Å². The zero-order valence-corrected chi connectivity index (χ0v) is 28.3. The summed E-state index contributed by atoms with van der Waals surface area (Å²) in [6.45, 7) is 0.456. The molecule has 2 fully saturated rings. The third-order valence-corrected chi connectivity index (χ3v) is 9.42. The maximum atomic E-state index is 13.9. The zero-order chi connectivity index (χ0) is 35.7. The van der Waals surface area contributed by atoms with Gasteiger partial charge >= 0.3 is 6.18 Å². The first kappa shape index (κ1) is 34.0. The van der Waals surface area contributed by atoms with Crippen LogP contribution in [0, 0.1) is 0 Å². The number of ether oxygens (including phenoxy) is 1. The van der Waals surface area contributed by atoms with Gasteiger partial charge in [-0.05, 0) is 91.9 Å². The van der Waals surface area contributed by atoms with Crippen LogP contribution < -0.4 is 10.1 Å². The normalized spacial score (nSPS) is 15.0. The highest BCUT2D eigenvalue weighted by atomic mass is 19.4. The molecule has 0 aliphatic heterocycles. The minimum Gasteiger partial charge on any atom is -0.489 e. The van der Waals surface area contributed by atoms with E-state index in [0.29, 0.717) is 23.9 Å². The van der Waals surface area contributed by atoms with Crippen molar-refractivity contribution >= 4 is 17.5 Å². The lowest BCUT2D eigenvalue weighted by atomic mass is 9.96. The van der Waals surface area contributed by atoms with Crippen LogP contribution in [0.1, 0.15) is 75.0 Å². The molecular weight excluding hydrogens is 655 g/mol. The lowest BCUT2D eigenvalue weighted by Gasteiger charge is -2.29. The molecule has 0 spiro atoms. The van der Waals surface area contributed by atoms with Crippen molar-refractivity contribution in [2.45, 2.75) is 56.6 Å². The molecule has 1 N–H and O–H groups in total. The van der Waals surface area contributed by atoms with Gasteiger partial charge in [0.1, 0.15) is 18.1 Å². The number of aromatic nitrogens is 2. The molecule has 0 saturated heterocycles. The second-order valence-corrected chi connectivity index (χ2v) is 13.2. The minimum atomic E-state index is -4.79. The second-order valence-electron chi connectivity index (χ2n) is 13.2. The van der Waals surface area contributed by atoms with Crippen molar-refractivity contribution < 1.29 is 27.5 Å². The number of alkyl halides is 3. The van der Waals surface area contributed by atoms with Crippen molar-refractivity contribution in [1.29, 1.82) is 0 Å². The molecule has 5 aromatic rings. The van der Waals surface area contributed by atoms with Gasteiger partial charge in [-0.2, -0.15) is 18.3 Å². The summed E-state index contributed by atoms with van der Waals surface area (Å²) in [6.07, 6.45) is -0.804. The number of halogens is 3.